The lowest BCUT2D eigenvalue weighted by atomic mass is 9.94. The van der Waals surface area contributed by atoms with E-state index in [0.29, 0.717) is 23.9 Å². The molecule has 1 aliphatic rings. The predicted octanol–water partition coefficient (Wildman–Crippen LogP) is 2.34. The first-order chi connectivity index (χ1) is 10.2. The summed E-state index contributed by atoms with van der Waals surface area (Å²) in [6.07, 6.45) is 6.53. The van der Waals surface area contributed by atoms with E-state index in [-0.39, 0.29) is 5.28 Å². The monoisotopic (exact) mass is 307 g/mol. The molecule has 3 rings (SSSR count). The van der Waals surface area contributed by atoms with Crippen LogP contribution < -0.4 is 5.32 Å². The Hall–Kier alpha value is -1.76. The van der Waals surface area contributed by atoms with Crippen LogP contribution in [0.1, 0.15) is 33.1 Å². The first-order valence-corrected chi connectivity index (χ1v) is 7.58. The van der Waals surface area contributed by atoms with Crippen LogP contribution in [0, 0.1) is 11.8 Å². The van der Waals surface area contributed by atoms with Crippen LogP contribution >= 0.6 is 11.6 Å². The molecular formula is C13H18ClN7. The summed E-state index contributed by atoms with van der Waals surface area (Å²) >= 11 is 5.98. The van der Waals surface area contributed by atoms with Gasteiger partial charge >= 0.3 is 0 Å². The summed E-state index contributed by atoms with van der Waals surface area (Å²) in [5.74, 6) is 2.22. The minimum absolute atomic E-state index is 0.149. The average molecular weight is 308 g/mol. The molecule has 0 aromatic carbocycles. The van der Waals surface area contributed by atoms with Crippen LogP contribution in [0.3, 0.4) is 0 Å². The van der Waals surface area contributed by atoms with Gasteiger partial charge in [-0.2, -0.15) is 24.7 Å². The number of nitrogens with one attached hydrogen (secondary N) is 1. The van der Waals surface area contributed by atoms with E-state index < -0.39 is 0 Å². The second-order valence-corrected chi connectivity index (χ2v) is 5.76. The first kappa shape index (κ1) is 14.2. The highest BCUT2D eigenvalue weighted by Crippen LogP contribution is 2.35. The zero-order chi connectivity index (χ0) is 14.8. The summed E-state index contributed by atoms with van der Waals surface area (Å²) in [5.41, 5.74) is 0. The Balaban J connectivity index is 1.80. The Labute approximate surface area is 128 Å². The van der Waals surface area contributed by atoms with Crippen molar-refractivity contribution in [3.05, 3.63) is 17.9 Å². The van der Waals surface area contributed by atoms with Crippen molar-refractivity contribution in [2.24, 2.45) is 11.8 Å². The fraction of sp³-hybridized carbons (Fsp3) is 0.615. The Bertz CT molecular complexity index is 601. The van der Waals surface area contributed by atoms with Crippen LogP contribution in [0.2, 0.25) is 5.28 Å². The highest BCUT2D eigenvalue weighted by Gasteiger charge is 2.32. The minimum Gasteiger partial charge on any atom is -0.351 e. The van der Waals surface area contributed by atoms with Crippen molar-refractivity contribution in [3.8, 4) is 5.95 Å². The van der Waals surface area contributed by atoms with Crippen molar-refractivity contribution in [1.29, 1.82) is 0 Å². The number of halogens is 1. The maximum Gasteiger partial charge on any atom is 0.258 e. The highest BCUT2D eigenvalue weighted by molar-refractivity contribution is 6.28. The van der Waals surface area contributed by atoms with Crippen molar-refractivity contribution in [2.45, 2.75) is 39.2 Å². The van der Waals surface area contributed by atoms with Crippen LogP contribution in [0.5, 0.6) is 0 Å². The van der Waals surface area contributed by atoms with E-state index in [1.165, 1.54) is 30.2 Å². The van der Waals surface area contributed by atoms with Gasteiger partial charge in [0.15, 0.2) is 0 Å². The zero-order valence-corrected chi connectivity index (χ0v) is 12.8. The van der Waals surface area contributed by atoms with Gasteiger partial charge in [0.1, 0.15) is 12.7 Å². The average Bonchev–Trinajstić information content (AvgIpc) is 3.09. The Morgan fingerprint density at radius 3 is 2.86 bits per heavy atom. The van der Waals surface area contributed by atoms with Gasteiger partial charge in [-0.05, 0) is 36.3 Å². The molecule has 2 aromatic rings. The highest BCUT2D eigenvalue weighted by atomic mass is 35.5. The third kappa shape index (κ3) is 2.97. The molecule has 0 amide bonds. The van der Waals surface area contributed by atoms with E-state index in [1.807, 2.05) is 0 Å². The summed E-state index contributed by atoms with van der Waals surface area (Å²) in [5, 5.41) is 7.55. The molecule has 21 heavy (non-hydrogen) atoms. The minimum atomic E-state index is 0.149. The molecule has 7 nitrogen and oxygen atoms in total. The Kier molecular flexibility index (Phi) is 4.01. The predicted molar refractivity (Wildman–Crippen MR) is 79.3 cm³/mol. The van der Waals surface area contributed by atoms with Crippen molar-refractivity contribution in [3.63, 3.8) is 0 Å². The van der Waals surface area contributed by atoms with E-state index in [4.69, 9.17) is 11.6 Å². The van der Waals surface area contributed by atoms with E-state index in [0.717, 1.165) is 12.3 Å². The summed E-state index contributed by atoms with van der Waals surface area (Å²) in [4.78, 5) is 16.5. The number of hydrogen-bond acceptors (Lipinski definition) is 6. The normalized spacial score (nSPS) is 25.2. The summed E-state index contributed by atoms with van der Waals surface area (Å²) in [6, 6.07) is 0.372. The lowest BCUT2D eigenvalue weighted by Crippen LogP contribution is -2.26. The molecule has 0 radical (unpaired) electrons. The Morgan fingerprint density at radius 2 is 2.19 bits per heavy atom. The fourth-order valence-electron chi connectivity index (χ4n) is 3.01. The van der Waals surface area contributed by atoms with Crippen molar-refractivity contribution >= 4 is 17.5 Å². The molecule has 3 unspecified atom stereocenters. The molecule has 0 bridgehead atoms. The van der Waals surface area contributed by atoms with Gasteiger partial charge in [0, 0.05) is 6.04 Å². The number of anilines is 1. The third-order valence-electron chi connectivity index (χ3n) is 4.29. The second-order valence-electron chi connectivity index (χ2n) is 5.42. The van der Waals surface area contributed by atoms with Crippen molar-refractivity contribution in [1.82, 2.24) is 29.7 Å². The molecule has 1 aliphatic carbocycles. The zero-order valence-electron chi connectivity index (χ0n) is 12.1. The van der Waals surface area contributed by atoms with Crippen molar-refractivity contribution < 1.29 is 0 Å². The molecule has 0 aliphatic heterocycles. The van der Waals surface area contributed by atoms with Gasteiger partial charge in [-0.15, -0.1) is 0 Å². The van der Waals surface area contributed by atoms with Crippen molar-refractivity contribution in [2.75, 3.05) is 5.32 Å². The molecule has 1 fully saturated rings. The van der Waals surface area contributed by atoms with Crippen LogP contribution in [0.15, 0.2) is 12.7 Å². The lowest BCUT2D eigenvalue weighted by molar-refractivity contribution is 0.391. The molecule has 3 atom stereocenters. The quantitative estimate of drug-likeness (QED) is 0.933. The third-order valence-corrected chi connectivity index (χ3v) is 4.45. The number of aromatic nitrogens is 6. The molecule has 8 heteroatoms. The van der Waals surface area contributed by atoms with Gasteiger partial charge in [-0.1, -0.05) is 20.3 Å². The van der Waals surface area contributed by atoms with Gasteiger partial charge in [0.25, 0.3) is 5.95 Å². The van der Waals surface area contributed by atoms with Gasteiger partial charge in [0.05, 0.1) is 0 Å². The van der Waals surface area contributed by atoms with Crippen LogP contribution in [-0.2, 0) is 0 Å². The molecule has 1 saturated carbocycles. The topological polar surface area (TPSA) is 81.4 Å². The van der Waals surface area contributed by atoms with E-state index >= 15 is 0 Å². The van der Waals surface area contributed by atoms with Gasteiger partial charge in [-0.3, -0.25) is 0 Å². The van der Waals surface area contributed by atoms with E-state index in [2.05, 4.69) is 44.2 Å². The summed E-state index contributed by atoms with van der Waals surface area (Å²) in [6.45, 7) is 4.52. The molecule has 112 valence electrons. The maximum absolute atomic E-state index is 5.98. The molecule has 2 heterocycles. The van der Waals surface area contributed by atoms with Gasteiger partial charge in [0.2, 0.25) is 11.2 Å². The van der Waals surface area contributed by atoms with Gasteiger partial charge < -0.3 is 5.32 Å². The smallest absolute Gasteiger partial charge is 0.258 e. The molecule has 2 aromatic heterocycles. The molecular weight excluding hydrogens is 290 g/mol. The summed E-state index contributed by atoms with van der Waals surface area (Å²) in [7, 11) is 0. The summed E-state index contributed by atoms with van der Waals surface area (Å²) < 4.78 is 1.46. The first-order valence-electron chi connectivity index (χ1n) is 7.20. The van der Waals surface area contributed by atoms with Crippen LogP contribution in [-0.4, -0.2) is 35.8 Å². The number of nitrogens with zero attached hydrogens (tertiary/aromatic N) is 6. The van der Waals surface area contributed by atoms with Crippen LogP contribution in [0.25, 0.3) is 5.95 Å². The molecule has 0 spiro atoms. The van der Waals surface area contributed by atoms with Crippen LogP contribution in [0.4, 0.5) is 5.95 Å². The second kappa shape index (κ2) is 5.93. The van der Waals surface area contributed by atoms with E-state index in [1.54, 1.807) is 0 Å². The standard InChI is InChI=1S/C13H18ClN7/c1-3-9-4-5-10(8(9)2)17-12-18-11(14)19-13(20-12)21-7-15-6-16-21/h6-10H,3-5H2,1-2H3,(H,17,18,19,20). The largest absolute Gasteiger partial charge is 0.351 e. The molecule has 0 saturated heterocycles. The van der Waals surface area contributed by atoms with E-state index in [9.17, 15) is 0 Å². The maximum atomic E-state index is 5.98. The molecule has 1 N–H and O–H groups in total. The van der Waals surface area contributed by atoms with Gasteiger partial charge in [-0.25, -0.2) is 4.98 Å². The lowest BCUT2D eigenvalue weighted by Gasteiger charge is -2.21. The number of hydrogen-bond donors (Lipinski definition) is 1. The SMILES string of the molecule is CCC1CCC(Nc2nc(Cl)nc(-n3cncn3)n2)C1C. The Morgan fingerprint density at radius 1 is 1.33 bits per heavy atom. The fourth-order valence-corrected chi connectivity index (χ4v) is 3.17. The number of rotatable bonds is 4.